The van der Waals surface area contributed by atoms with E-state index in [0.29, 0.717) is 6.54 Å². The Morgan fingerprint density at radius 1 is 1.48 bits per heavy atom. The summed E-state index contributed by atoms with van der Waals surface area (Å²) in [6.45, 7) is 5.17. The van der Waals surface area contributed by atoms with E-state index in [1.54, 1.807) is 7.11 Å². The third-order valence-corrected chi connectivity index (χ3v) is 4.45. The monoisotopic (exact) mass is 288 g/mol. The minimum atomic E-state index is -0.462. The minimum Gasteiger partial charge on any atom is -0.497 e. The van der Waals surface area contributed by atoms with Gasteiger partial charge in [-0.15, -0.1) is 0 Å². The molecule has 1 fully saturated rings. The van der Waals surface area contributed by atoms with Crippen LogP contribution in [0.25, 0.3) is 10.9 Å². The van der Waals surface area contributed by atoms with Gasteiger partial charge >= 0.3 is 0 Å². The van der Waals surface area contributed by atoms with Crippen molar-refractivity contribution in [1.29, 1.82) is 0 Å². The van der Waals surface area contributed by atoms with Crippen molar-refractivity contribution in [2.45, 2.75) is 25.9 Å². The maximum Gasteiger partial charge on any atom is 0.119 e. The Bertz CT molecular complexity index is 608. The van der Waals surface area contributed by atoms with Crippen LogP contribution >= 0.6 is 0 Å². The van der Waals surface area contributed by atoms with Gasteiger partial charge in [-0.05, 0) is 43.5 Å². The second-order valence-corrected chi connectivity index (χ2v) is 6.18. The molecule has 3 rings (SSSR count). The van der Waals surface area contributed by atoms with Gasteiger partial charge in [-0.3, -0.25) is 0 Å². The van der Waals surface area contributed by atoms with Crippen molar-refractivity contribution in [2.75, 3.05) is 26.7 Å². The Labute approximate surface area is 125 Å². The molecule has 4 heteroatoms. The molecule has 1 aromatic carbocycles. The maximum atomic E-state index is 10.6. The van der Waals surface area contributed by atoms with Crippen LogP contribution in [-0.4, -0.2) is 41.7 Å². The molecule has 0 radical (unpaired) electrons. The van der Waals surface area contributed by atoms with Crippen molar-refractivity contribution in [3.8, 4) is 5.75 Å². The number of likely N-dealkylation sites (tertiary alicyclic amines) is 1. The molecule has 1 aliphatic heterocycles. The number of β-amino-alcohol motifs (C(OH)–C–C–N with tert-alkyl or cyclic N) is 1. The number of aromatic nitrogens is 1. The van der Waals surface area contributed by atoms with E-state index < -0.39 is 6.10 Å². The fourth-order valence-corrected chi connectivity index (χ4v) is 3.32. The smallest absolute Gasteiger partial charge is 0.119 e. The van der Waals surface area contributed by atoms with Gasteiger partial charge < -0.3 is 19.7 Å². The van der Waals surface area contributed by atoms with Crippen molar-refractivity contribution < 1.29 is 9.84 Å². The number of methoxy groups -OCH3 is 1. The van der Waals surface area contributed by atoms with Crippen molar-refractivity contribution in [2.24, 2.45) is 5.92 Å². The van der Waals surface area contributed by atoms with Gasteiger partial charge in [0.2, 0.25) is 0 Å². The van der Waals surface area contributed by atoms with E-state index in [4.69, 9.17) is 4.74 Å². The summed E-state index contributed by atoms with van der Waals surface area (Å²) in [6, 6.07) is 5.91. The van der Waals surface area contributed by atoms with Crippen LogP contribution in [0.1, 0.15) is 31.4 Å². The van der Waals surface area contributed by atoms with E-state index >= 15 is 0 Å². The fourth-order valence-electron chi connectivity index (χ4n) is 3.32. The second kappa shape index (κ2) is 6.08. The molecule has 0 aliphatic carbocycles. The molecule has 0 spiro atoms. The van der Waals surface area contributed by atoms with Crippen LogP contribution in [0.2, 0.25) is 0 Å². The number of rotatable bonds is 4. The predicted molar refractivity (Wildman–Crippen MR) is 84.6 cm³/mol. The number of fused-ring (bicyclic) bond motifs is 1. The van der Waals surface area contributed by atoms with Crippen LogP contribution in [0.5, 0.6) is 5.75 Å². The average Bonchev–Trinajstić information content (AvgIpc) is 2.90. The average molecular weight is 288 g/mol. The third kappa shape index (κ3) is 3.06. The lowest BCUT2D eigenvalue weighted by atomic mass is 9.99. The van der Waals surface area contributed by atoms with E-state index in [1.165, 1.54) is 12.8 Å². The maximum absolute atomic E-state index is 10.6. The molecule has 0 unspecified atom stereocenters. The number of nitrogens with one attached hydrogen (secondary N) is 1. The first kappa shape index (κ1) is 14.4. The Hall–Kier alpha value is -1.52. The standard InChI is InChI=1S/C17H24N2O2/c1-12-4-3-7-19(10-12)11-17(20)15-9-18-16-6-5-13(21-2)8-14(15)16/h5-6,8-9,12,17-18,20H,3-4,7,10-11H2,1-2H3/t12-,17+/m1/s1. The Balaban J connectivity index is 1.79. The summed E-state index contributed by atoms with van der Waals surface area (Å²) < 4.78 is 5.28. The first-order valence-corrected chi connectivity index (χ1v) is 7.73. The van der Waals surface area contributed by atoms with E-state index in [1.807, 2.05) is 24.4 Å². The third-order valence-electron chi connectivity index (χ3n) is 4.45. The number of benzene rings is 1. The largest absolute Gasteiger partial charge is 0.497 e. The Morgan fingerprint density at radius 2 is 2.33 bits per heavy atom. The Morgan fingerprint density at radius 3 is 3.10 bits per heavy atom. The van der Waals surface area contributed by atoms with E-state index in [-0.39, 0.29) is 0 Å². The molecule has 2 N–H and O–H groups in total. The zero-order valence-corrected chi connectivity index (χ0v) is 12.8. The Kier molecular flexibility index (Phi) is 4.17. The fraction of sp³-hybridized carbons (Fsp3) is 0.529. The summed E-state index contributed by atoms with van der Waals surface area (Å²) >= 11 is 0. The van der Waals surface area contributed by atoms with Gasteiger partial charge in [0.15, 0.2) is 0 Å². The zero-order valence-electron chi connectivity index (χ0n) is 12.8. The molecule has 114 valence electrons. The molecule has 1 saturated heterocycles. The van der Waals surface area contributed by atoms with Crippen LogP contribution in [0.3, 0.4) is 0 Å². The van der Waals surface area contributed by atoms with Gasteiger partial charge in [-0.2, -0.15) is 0 Å². The van der Waals surface area contributed by atoms with Crippen molar-refractivity contribution >= 4 is 10.9 Å². The van der Waals surface area contributed by atoms with Gasteiger partial charge in [-0.25, -0.2) is 0 Å². The van der Waals surface area contributed by atoms with Gasteiger partial charge in [0.25, 0.3) is 0 Å². The lowest BCUT2D eigenvalue weighted by Gasteiger charge is -2.32. The number of aliphatic hydroxyl groups is 1. The van der Waals surface area contributed by atoms with E-state index in [2.05, 4.69) is 16.8 Å². The molecule has 0 bridgehead atoms. The SMILES string of the molecule is COc1ccc2[nH]cc([C@@H](O)CN3CCC[C@@H](C)C3)c2c1. The van der Waals surface area contributed by atoms with Crippen molar-refractivity contribution in [3.63, 3.8) is 0 Å². The molecule has 2 aromatic rings. The highest BCUT2D eigenvalue weighted by Gasteiger charge is 2.21. The van der Waals surface area contributed by atoms with Crippen LogP contribution in [0.15, 0.2) is 24.4 Å². The number of ether oxygens (including phenoxy) is 1. The van der Waals surface area contributed by atoms with E-state index in [0.717, 1.165) is 41.2 Å². The summed E-state index contributed by atoms with van der Waals surface area (Å²) in [5.74, 6) is 1.55. The van der Waals surface area contributed by atoms with Crippen LogP contribution in [-0.2, 0) is 0 Å². The topological polar surface area (TPSA) is 48.5 Å². The van der Waals surface area contributed by atoms with Gasteiger partial charge in [-0.1, -0.05) is 6.92 Å². The lowest BCUT2D eigenvalue weighted by molar-refractivity contribution is 0.0884. The highest BCUT2D eigenvalue weighted by Crippen LogP contribution is 2.29. The zero-order chi connectivity index (χ0) is 14.8. The molecular weight excluding hydrogens is 264 g/mol. The van der Waals surface area contributed by atoms with Crippen LogP contribution < -0.4 is 4.74 Å². The van der Waals surface area contributed by atoms with Gasteiger partial charge in [0.1, 0.15) is 5.75 Å². The minimum absolute atomic E-state index is 0.462. The summed E-state index contributed by atoms with van der Waals surface area (Å²) in [5, 5.41) is 11.7. The predicted octanol–water partition coefficient (Wildman–Crippen LogP) is 2.94. The number of aliphatic hydroxyl groups excluding tert-OH is 1. The van der Waals surface area contributed by atoms with Crippen LogP contribution in [0.4, 0.5) is 0 Å². The number of aromatic amines is 1. The summed E-state index contributed by atoms with van der Waals surface area (Å²) in [6.07, 6.45) is 3.99. The van der Waals surface area contributed by atoms with Crippen LogP contribution in [0, 0.1) is 5.92 Å². The van der Waals surface area contributed by atoms with E-state index in [9.17, 15) is 5.11 Å². The number of nitrogens with zero attached hydrogens (tertiary/aromatic N) is 1. The molecule has 21 heavy (non-hydrogen) atoms. The molecular formula is C17H24N2O2. The van der Waals surface area contributed by atoms with Crippen molar-refractivity contribution in [3.05, 3.63) is 30.0 Å². The molecule has 1 aromatic heterocycles. The summed E-state index contributed by atoms with van der Waals surface area (Å²) in [7, 11) is 1.67. The number of H-pyrrole nitrogens is 1. The number of piperidine rings is 1. The van der Waals surface area contributed by atoms with Gasteiger partial charge in [0.05, 0.1) is 13.2 Å². The molecule has 2 heterocycles. The van der Waals surface area contributed by atoms with Crippen molar-refractivity contribution in [1.82, 2.24) is 9.88 Å². The highest BCUT2D eigenvalue weighted by molar-refractivity contribution is 5.85. The first-order valence-electron chi connectivity index (χ1n) is 7.73. The highest BCUT2D eigenvalue weighted by atomic mass is 16.5. The summed E-state index contributed by atoms with van der Waals surface area (Å²) in [4.78, 5) is 5.61. The lowest BCUT2D eigenvalue weighted by Crippen LogP contribution is -2.37. The first-order chi connectivity index (χ1) is 10.2. The molecule has 4 nitrogen and oxygen atoms in total. The normalized spacial score (nSPS) is 21.6. The van der Waals surface area contributed by atoms with Gasteiger partial charge in [0, 0.05) is 35.8 Å². The molecule has 1 aliphatic rings. The second-order valence-electron chi connectivity index (χ2n) is 6.18. The quantitative estimate of drug-likeness (QED) is 0.909. The summed E-state index contributed by atoms with van der Waals surface area (Å²) in [5.41, 5.74) is 2.00. The molecule has 0 amide bonds. The number of hydrogen-bond acceptors (Lipinski definition) is 3. The number of hydrogen-bond donors (Lipinski definition) is 2. The molecule has 0 saturated carbocycles. The molecule has 2 atom stereocenters.